The van der Waals surface area contributed by atoms with Crippen LogP contribution in [0.3, 0.4) is 0 Å². The maximum absolute atomic E-state index is 11.8. The van der Waals surface area contributed by atoms with E-state index in [1.165, 1.54) is 12.7 Å². The van der Waals surface area contributed by atoms with Crippen LogP contribution < -0.4 is 5.73 Å². The number of nitrogens with zero attached hydrogens (tertiary/aromatic N) is 2. The van der Waals surface area contributed by atoms with Crippen molar-refractivity contribution in [1.82, 2.24) is 9.97 Å². The molecule has 0 bridgehead atoms. The lowest BCUT2D eigenvalue weighted by Crippen LogP contribution is -2.40. The third kappa shape index (κ3) is 1.64. The van der Waals surface area contributed by atoms with E-state index >= 15 is 0 Å². The Bertz CT molecular complexity index is 467. The van der Waals surface area contributed by atoms with E-state index in [0.717, 1.165) is 23.6 Å². The van der Waals surface area contributed by atoms with Crippen LogP contribution in [-0.2, 0) is 10.2 Å². The van der Waals surface area contributed by atoms with Crippen molar-refractivity contribution in [2.75, 3.05) is 6.26 Å². The minimum atomic E-state index is -0.527. The summed E-state index contributed by atoms with van der Waals surface area (Å²) < 4.78 is 0. The summed E-state index contributed by atoms with van der Waals surface area (Å²) in [6.45, 7) is 0. The number of primary amides is 1. The van der Waals surface area contributed by atoms with Crippen molar-refractivity contribution in [3.63, 3.8) is 0 Å². The van der Waals surface area contributed by atoms with Crippen molar-refractivity contribution in [3.8, 4) is 0 Å². The number of fused-ring (bicyclic) bond motifs is 1. The molecule has 2 atom stereocenters. The Balaban J connectivity index is 2.01. The molecule has 5 heteroatoms. The summed E-state index contributed by atoms with van der Waals surface area (Å²) in [6.07, 6.45) is 6.51. The van der Waals surface area contributed by atoms with E-state index in [9.17, 15) is 4.79 Å². The predicted molar refractivity (Wildman–Crippen MR) is 65.5 cm³/mol. The molecule has 0 saturated heterocycles. The van der Waals surface area contributed by atoms with Gasteiger partial charge in [0.1, 0.15) is 6.33 Å². The van der Waals surface area contributed by atoms with Gasteiger partial charge in [-0.25, -0.2) is 9.97 Å². The van der Waals surface area contributed by atoms with Gasteiger partial charge in [-0.2, -0.15) is 0 Å². The van der Waals surface area contributed by atoms with E-state index in [1.807, 2.05) is 12.3 Å². The van der Waals surface area contributed by atoms with Crippen LogP contribution in [0, 0.1) is 11.8 Å². The molecule has 2 saturated carbocycles. The third-order valence-corrected chi connectivity index (χ3v) is 4.74. The number of carbonyl (C=O) groups excluding carboxylic acids is 1. The van der Waals surface area contributed by atoms with Crippen molar-refractivity contribution in [2.24, 2.45) is 17.6 Å². The molecule has 1 aromatic rings. The first-order chi connectivity index (χ1) is 8.15. The van der Waals surface area contributed by atoms with E-state index < -0.39 is 5.41 Å². The van der Waals surface area contributed by atoms with Crippen LogP contribution in [-0.4, -0.2) is 22.1 Å². The molecule has 1 aromatic heterocycles. The maximum atomic E-state index is 11.8. The summed E-state index contributed by atoms with van der Waals surface area (Å²) in [4.78, 5) is 20.3. The Morgan fingerprint density at radius 1 is 1.47 bits per heavy atom. The zero-order valence-electron chi connectivity index (χ0n) is 9.72. The molecular formula is C12H15N3OS. The topological polar surface area (TPSA) is 68.9 Å². The largest absolute Gasteiger partial charge is 0.369 e. The summed E-state index contributed by atoms with van der Waals surface area (Å²) in [6, 6.07) is 1.92. The summed E-state index contributed by atoms with van der Waals surface area (Å²) in [5.41, 5.74) is 5.92. The van der Waals surface area contributed by atoms with Crippen LogP contribution >= 0.6 is 11.8 Å². The Kier molecular flexibility index (Phi) is 2.40. The van der Waals surface area contributed by atoms with Crippen molar-refractivity contribution in [1.29, 1.82) is 0 Å². The normalized spacial score (nSPS) is 34.4. The second-order valence-electron chi connectivity index (χ2n) is 5.06. The van der Waals surface area contributed by atoms with Crippen molar-refractivity contribution < 1.29 is 4.79 Å². The van der Waals surface area contributed by atoms with E-state index in [4.69, 9.17) is 5.73 Å². The van der Waals surface area contributed by atoms with Gasteiger partial charge in [-0.1, -0.05) is 0 Å². The van der Waals surface area contributed by atoms with Crippen molar-refractivity contribution in [3.05, 3.63) is 18.1 Å². The standard InChI is InChI=1S/C12H15N3OS/c1-17-10-3-9(14-6-15-10)12(11(13)16)4-7-2-8(7)5-12/h3,6-8H,2,4-5H2,1H3,(H2,13,16). The number of rotatable bonds is 3. The summed E-state index contributed by atoms with van der Waals surface area (Å²) >= 11 is 1.56. The lowest BCUT2D eigenvalue weighted by atomic mass is 9.79. The Morgan fingerprint density at radius 3 is 2.76 bits per heavy atom. The van der Waals surface area contributed by atoms with E-state index in [-0.39, 0.29) is 5.91 Å². The van der Waals surface area contributed by atoms with Crippen molar-refractivity contribution >= 4 is 17.7 Å². The van der Waals surface area contributed by atoms with Gasteiger partial charge in [0, 0.05) is 0 Å². The Hall–Kier alpha value is -1.10. The average Bonchev–Trinajstić information content (AvgIpc) is 2.96. The molecule has 2 fully saturated rings. The monoisotopic (exact) mass is 249 g/mol. The first kappa shape index (κ1) is 11.0. The fourth-order valence-electron chi connectivity index (χ4n) is 3.04. The minimum Gasteiger partial charge on any atom is -0.369 e. The smallest absolute Gasteiger partial charge is 0.229 e. The molecule has 90 valence electrons. The van der Waals surface area contributed by atoms with Crippen LogP contribution in [0.25, 0.3) is 0 Å². The number of carbonyl (C=O) groups is 1. The zero-order chi connectivity index (χ0) is 12.0. The molecule has 0 aromatic carbocycles. The quantitative estimate of drug-likeness (QED) is 0.648. The molecule has 0 aliphatic heterocycles. The van der Waals surface area contributed by atoms with Crippen molar-refractivity contribution in [2.45, 2.75) is 29.7 Å². The van der Waals surface area contributed by atoms with Crippen LogP contribution in [0.5, 0.6) is 0 Å². The molecule has 1 amide bonds. The maximum Gasteiger partial charge on any atom is 0.229 e. The second kappa shape index (κ2) is 3.70. The Morgan fingerprint density at radius 2 is 2.18 bits per heavy atom. The fourth-order valence-corrected chi connectivity index (χ4v) is 3.42. The van der Waals surface area contributed by atoms with Gasteiger partial charge in [-0.15, -0.1) is 11.8 Å². The number of hydrogen-bond donors (Lipinski definition) is 1. The van der Waals surface area contributed by atoms with Crippen LogP contribution in [0.1, 0.15) is 25.0 Å². The van der Waals surface area contributed by atoms with Gasteiger partial charge >= 0.3 is 0 Å². The first-order valence-electron chi connectivity index (χ1n) is 5.82. The number of hydrogen-bond acceptors (Lipinski definition) is 4. The summed E-state index contributed by atoms with van der Waals surface area (Å²) in [7, 11) is 0. The first-order valence-corrected chi connectivity index (χ1v) is 7.04. The molecule has 2 unspecified atom stereocenters. The molecular weight excluding hydrogens is 234 g/mol. The predicted octanol–water partition coefficient (Wildman–Crippen LogP) is 1.35. The molecule has 17 heavy (non-hydrogen) atoms. The highest BCUT2D eigenvalue weighted by Gasteiger charge is 2.58. The molecule has 0 radical (unpaired) electrons. The number of nitrogens with two attached hydrogens (primary N) is 1. The Labute approximate surface area is 104 Å². The van der Waals surface area contributed by atoms with E-state index in [2.05, 4.69) is 9.97 Å². The van der Waals surface area contributed by atoms with Gasteiger partial charge in [-0.3, -0.25) is 4.79 Å². The van der Waals surface area contributed by atoms with Crippen LogP contribution in [0.2, 0.25) is 0 Å². The molecule has 2 aliphatic carbocycles. The van der Waals surface area contributed by atoms with Gasteiger partial charge in [-0.05, 0) is 43.4 Å². The number of amides is 1. The second-order valence-corrected chi connectivity index (χ2v) is 5.88. The van der Waals surface area contributed by atoms with Crippen LogP contribution in [0.4, 0.5) is 0 Å². The van der Waals surface area contributed by atoms with Gasteiger partial charge in [0.15, 0.2) is 0 Å². The highest BCUT2D eigenvalue weighted by atomic mass is 32.2. The molecule has 1 heterocycles. The fraction of sp³-hybridized carbons (Fsp3) is 0.583. The molecule has 2 N–H and O–H groups in total. The lowest BCUT2D eigenvalue weighted by molar-refractivity contribution is -0.123. The van der Waals surface area contributed by atoms with Gasteiger partial charge < -0.3 is 5.73 Å². The molecule has 4 nitrogen and oxygen atoms in total. The summed E-state index contributed by atoms with van der Waals surface area (Å²) in [5, 5.41) is 0.899. The van der Waals surface area contributed by atoms with Crippen LogP contribution in [0.15, 0.2) is 17.4 Å². The van der Waals surface area contributed by atoms with Gasteiger partial charge in [0.25, 0.3) is 0 Å². The number of thioether (sulfide) groups is 1. The SMILES string of the molecule is CSc1cc(C2(C(N)=O)CC3CC3C2)ncn1. The van der Waals surface area contributed by atoms with Gasteiger partial charge in [0.05, 0.1) is 16.1 Å². The highest BCUT2D eigenvalue weighted by molar-refractivity contribution is 7.98. The zero-order valence-corrected chi connectivity index (χ0v) is 10.5. The summed E-state index contributed by atoms with van der Waals surface area (Å²) in [5.74, 6) is 1.15. The average molecular weight is 249 g/mol. The lowest BCUT2D eigenvalue weighted by Gasteiger charge is -2.26. The van der Waals surface area contributed by atoms with E-state index in [0.29, 0.717) is 11.8 Å². The van der Waals surface area contributed by atoms with E-state index in [1.54, 1.807) is 11.8 Å². The highest BCUT2D eigenvalue weighted by Crippen LogP contribution is 2.60. The molecule has 0 spiro atoms. The minimum absolute atomic E-state index is 0.226. The third-order valence-electron chi connectivity index (χ3n) is 4.10. The number of aromatic nitrogens is 2. The molecule has 2 aliphatic rings. The molecule has 3 rings (SSSR count). The van der Waals surface area contributed by atoms with Gasteiger partial charge in [0.2, 0.25) is 5.91 Å².